The molecular weight excluding hydrogens is 674 g/mol. The highest BCUT2D eigenvalue weighted by molar-refractivity contribution is 5.96. The maximum absolute atomic E-state index is 14.0. The predicted octanol–water partition coefficient (Wildman–Crippen LogP) is 1.23. The molecule has 1 heterocycles. The molecule has 0 aromatic carbocycles. The van der Waals surface area contributed by atoms with Gasteiger partial charge in [0.25, 0.3) is 0 Å². The molecule has 1 aliphatic rings. The van der Waals surface area contributed by atoms with Gasteiger partial charge in [0.2, 0.25) is 29.5 Å². The van der Waals surface area contributed by atoms with Crippen LogP contribution in [0.1, 0.15) is 112 Å². The number of nitrogens with one attached hydrogen (secondary N) is 5. The highest BCUT2D eigenvalue weighted by Crippen LogP contribution is 2.22. The first-order valence-corrected chi connectivity index (χ1v) is 18.9. The standard InChI is InChI=1S/C36H65N7O9/c1-8-10-11-12-13-14-15-16-17-28-24(6)35(50)43(7)27(18-22(3)4)33(48)42-30(23(5)9-2)34(49)41-26(21-44)32(47)40-25(19-39-36(37)51)31(46)38-20-29(45)52-28/h22-28,30,44H,8-21H2,1-7H3,(H,38,46)(H,40,47)(H,41,49)(H,42,48)(H3,37,39,51)/t23-,24+,25-,26-,27-,28+,30-/m0/s1. The molecule has 8 N–H and O–H groups in total. The molecular formula is C36H65N7O9. The van der Waals surface area contributed by atoms with Crippen LogP contribution in [0.4, 0.5) is 4.79 Å². The number of nitrogens with zero attached hydrogens (tertiary/aromatic N) is 1. The third-order valence-electron chi connectivity index (χ3n) is 9.51. The second-order valence-electron chi connectivity index (χ2n) is 14.3. The van der Waals surface area contributed by atoms with Crippen LogP contribution >= 0.6 is 0 Å². The van der Waals surface area contributed by atoms with Crippen LogP contribution in [0.5, 0.6) is 0 Å². The third kappa shape index (κ3) is 16.2. The highest BCUT2D eigenvalue weighted by Gasteiger charge is 2.38. The lowest BCUT2D eigenvalue weighted by molar-refractivity contribution is -0.157. The summed E-state index contributed by atoms with van der Waals surface area (Å²) in [6.07, 6.45) is 8.52. The maximum Gasteiger partial charge on any atom is 0.325 e. The first-order valence-electron chi connectivity index (χ1n) is 18.9. The van der Waals surface area contributed by atoms with Gasteiger partial charge in [-0.25, -0.2) is 4.79 Å². The van der Waals surface area contributed by atoms with Gasteiger partial charge in [0, 0.05) is 13.6 Å². The molecule has 1 rings (SSSR count). The summed E-state index contributed by atoms with van der Waals surface area (Å²) < 4.78 is 5.80. The molecule has 1 saturated heterocycles. The van der Waals surface area contributed by atoms with Crippen molar-refractivity contribution >= 4 is 41.5 Å². The molecule has 0 spiro atoms. The van der Waals surface area contributed by atoms with E-state index in [0.717, 1.165) is 32.1 Å². The van der Waals surface area contributed by atoms with Crippen LogP contribution in [-0.2, 0) is 33.5 Å². The molecule has 16 heteroatoms. The highest BCUT2D eigenvalue weighted by atomic mass is 16.5. The third-order valence-corrected chi connectivity index (χ3v) is 9.51. The number of aliphatic hydroxyl groups is 1. The number of carbonyl (C=O) groups is 7. The van der Waals surface area contributed by atoms with Crippen molar-refractivity contribution in [1.82, 2.24) is 31.5 Å². The molecule has 0 unspecified atom stereocenters. The zero-order valence-corrected chi connectivity index (χ0v) is 32.3. The van der Waals surface area contributed by atoms with Gasteiger partial charge in [0.15, 0.2) is 0 Å². The maximum atomic E-state index is 14.0. The van der Waals surface area contributed by atoms with Crippen molar-refractivity contribution in [2.75, 3.05) is 26.7 Å². The normalized spacial score (nSPS) is 25.1. The van der Waals surface area contributed by atoms with E-state index in [1.165, 1.54) is 24.8 Å². The van der Waals surface area contributed by atoms with Crippen molar-refractivity contribution in [3.63, 3.8) is 0 Å². The quantitative estimate of drug-likeness (QED) is 0.0889. The van der Waals surface area contributed by atoms with Crippen LogP contribution in [0, 0.1) is 17.8 Å². The van der Waals surface area contributed by atoms with Crippen molar-refractivity contribution in [1.29, 1.82) is 0 Å². The zero-order chi connectivity index (χ0) is 39.4. The number of cyclic esters (lactones) is 1. The van der Waals surface area contributed by atoms with E-state index in [9.17, 15) is 38.7 Å². The van der Waals surface area contributed by atoms with Crippen LogP contribution in [0.25, 0.3) is 0 Å². The summed E-state index contributed by atoms with van der Waals surface area (Å²) in [6.45, 7) is 9.20. The fraction of sp³-hybridized carbons (Fsp3) is 0.806. The van der Waals surface area contributed by atoms with E-state index in [-0.39, 0.29) is 12.3 Å². The molecule has 0 radical (unpaired) electrons. The molecule has 0 aromatic rings. The Balaban J connectivity index is 3.54. The number of aliphatic hydroxyl groups excluding tert-OH is 1. The molecule has 16 nitrogen and oxygen atoms in total. The van der Waals surface area contributed by atoms with Gasteiger partial charge in [-0.2, -0.15) is 0 Å². The first kappa shape index (κ1) is 46.1. The number of primary amides is 1. The van der Waals surface area contributed by atoms with Crippen molar-refractivity contribution < 1.29 is 43.4 Å². The van der Waals surface area contributed by atoms with Gasteiger partial charge < -0.3 is 47.1 Å². The lowest BCUT2D eigenvalue weighted by atomic mass is 9.94. The van der Waals surface area contributed by atoms with Crippen molar-refractivity contribution in [3.8, 4) is 0 Å². The van der Waals surface area contributed by atoms with E-state index in [0.29, 0.717) is 19.3 Å². The minimum Gasteiger partial charge on any atom is -0.460 e. The Kier molecular flexibility index (Phi) is 21.5. The second kappa shape index (κ2) is 24.3. The molecule has 0 saturated carbocycles. The van der Waals surface area contributed by atoms with Crippen molar-refractivity contribution in [2.24, 2.45) is 23.5 Å². The summed E-state index contributed by atoms with van der Waals surface area (Å²) in [7, 11) is 1.51. The van der Waals surface area contributed by atoms with E-state index >= 15 is 0 Å². The smallest absolute Gasteiger partial charge is 0.325 e. The molecule has 52 heavy (non-hydrogen) atoms. The fourth-order valence-corrected chi connectivity index (χ4v) is 6.00. The number of rotatable bonds is 16. The number of ether oxygens (including phenoxy) is 1. The number of urea groups is 1. The average molecular weight is 740 g/mol. The largest absolute Gasteiger partial charge is 0.460 e. The van der Waals surface area contributed by atoms with Crippen molar-refractivity contribution in [2.45, 2.75) is 142 Å². The summed E-state index contributed by atoms with van der Waals surface area (Å²) in [5, 5.41) is 22.2. The molecule has 298 valence electrons. The van der Waals surface area contributed by atoms with E-state index in [2.05, 4.69) is 33.5 Å². The Morgan fingerprint density at radius 3 is 2.04 bits per heavy atom. The Morgan fingerprint density at radius 1 is 0.885 bits per heavy atom. The van der Waals surface area contributed by atoms with Gasteiger partial charge in [-0.15, -0.1) is 0 Å². The van der Waals surface area contributed by atoms with Crippen LogP contribution < -0.4 is 32.3 Å². The van der Waals surface area contributed by atoms with Gasteiger partial charge in [-0.1, -0.05) is 92.9 Å². The van der Waals surface area contributed by atoms with Crippen LogP contribution in [0.3, 0.4) is 0 Å². The first-order chi connectivity index (χ1) is 24.6. The molecule has 1 aliphatic heterocycles. The minimum absolute atomic E-state index is 0.0205. The predicted molar refractivity (Wildman–Crippen MR) is 195 cm³/mol. The van der Waals surface area contributed by atoms with Gasteiger partial charge in [0.05, 0.1) is 12.5 Å². The number of carbonyl (C=O) groups excluding carboxylic acids is 7. The molecule has 0 aromatic heterocycles. The average Bonchev–Trinajstić information content (AvgIpc) is 3.10. The molecule has 1 fully saturated rings. The number of unbranched alkanes of at least 4 members (excludes halogenated alkanes) is 7. The molecule has 7 amide bonds. The van der Waals surface area contributed by atoms with Gasteiger partial charge in [0.1, 0.15) is 36.8 Å². The van der Waals surface area contributed by atoms with E-state index in [4.69, 9.17) is 10.5 Å². The summed E-state index contributed by atoms with van der Waals surface area (Å²) >= 11 is 0. The van der Waals surface area contributed by atoms with Crippen LogP contribution in [0.2, 0.25) is 0 Å². The summed E-state index contributed by atoms with van der Waals surface area (Å²) in [4.78, 5) is 93.8. The lowest BCUT2D eigenvalue weighted by Gasteiger charge is -2.34. The van der Waals surface area contributed by atoms with E-state index in [1.54, 1.807) is 13.8 Å². The number of nitrogens with two attached hydrogens (primary N) is 1. The van der Waals surface area contributed by atoms with E-state index in [1.807, 2.05) is 20.8 Å². The Labute approximate surface area is 308 Å². The zero-order valence-electron chi connectivity index (χ0n) is 32.3. The number of likely N-dealkylation sites (N-methyl/N-ethyl adjacent to an activating group) is 1. The Bertz CT molecular complexity index is 1180. The molecule has 0 bridgehead atoms. The van der Waals surface area contributed by atoms with Crippen LogP contribution in [-0.4, -0.2) is 109 Å². The fourth-order valence-electron chi connectivity index (χ4n) is 6.00. The van der Waals surface area contributed by atoms with E-state index < -0.39 is 103 Å². The van der Waals surface area contributed by atoms with Gasteiger partial charge in [-0.05, 0) is 31.1 Å². The number of hydrogen-bond donors (Lipinski definition) is 7. The summed E-state index contributed by atoms with van der Waals surface area (Å²) in [5.41, 5.74) is 5.17. The Hall–Kier alpha value is -3.95. The Morgan fingerprint density at radius 2 is 1.48 bits per heavy atom. The molecule has 7 atom stereocenters. The number of esters is 1. The molecule has 0 aliphatic carbocycles. The summed E-state index contributed by atoms with van der Waals surface area (Å²) in [5.74, 6) is -5.77. The lowest BCUT2D eigenvalue weighted by Crippen LogP contribution is -2.61. The summed E-state index contributed by atoms with van der Waals surface area (Å²) in [6, 6.07) is -6.14. The number of amides is 7. The minimum atomic E-state index is -1.56. The number of hydrogen-bond acceptors (Lipinski definition) is 9. The van der Waals surface area contributed by atoms with Gasteiger partial charge >= 0.3 is 12.0 Å². The SMILES string of the molecule is CCCCCCCCCC[C@H]1OC(=O)CNC(=O)[C@H](CNC(N)=O)NC(=O)[C@H](CO)NC(=O)[C@H]([C@@H](C)CC)NC(=O)[C@H](CC(C)C)N(C)C(=O)[C@@H]1C. The second-order valence-corrected chi connectivity index (χ2v) is 14.3. The van der Waals surface area contributed by atoms with Crippen LogP contribution in [0.15, 0.2) is 0 Å². The van der Waals surface area contributed by atoms with Crippen molar-refractivity contribution in [3.05, 3.63) is 0 Å². The van der Waals surface area contributed by atoms with Gasteiger partial charge in [-0.3, -0.25) is 28.8 Å². The topological polar surface area (TPSA) is 238 Å². The monoisotopic (exact) mass is 739 g/mol.